The number of hydrogen-bond acceptors (Lipinski definition) is 1. The topological polar surface area (TPSA) is 9.23 Å². The first-order valence-corrected chi connectivity index (χ1v) is 8.96. The second-order valence-corrected chi connectivity index (χ2v) is 6.07. The van der Waals surface area contributed by atoms with E-state index in [2.05, 4.69) is 4.74 Å². The van der Waals surface area contributed by atoms with Crippen molar-refractivity contribution in [3.63, 3.8) is 0 Å². The number of alkyl halides is 2. The van der Waals surface area contributed by atoms with Crippen LogP contribution >= 0.6 is 0 Å². The van der Waals surface area contributed by atoms with Crippen molar-refractivity contribution in [2.75, 3.05) is 0 Å². The van der Waals surface area contributed by atoms with Crippen LogP contribution in [0.4, 0.5) is 17.6 Å². The Balaban J connectivity index is 0.00000136. The Bertz CT molecular complexity index is 893. The van der Waals surface area contributed by atoms with Crippen molar-refractivity contribution in [2.24, 2.45) is 0 Å². The highest BCUT2D eigenvalue weighted by molar-refractivity contribution is 5.64. The summed E-state index contributed by atoms with van der Waals surface area (Å²) in [6.07, 6.45) is -3.72. The summed E-state index contributed by atoms with van der Waals surface area (Å²) in [5.74, 6) is -2.45. The molecule has 0 N–H and O–H groups in total. The van der Waals surface area contributed by atoms with Gasteiger partial charge >= 0.3 is 6.11 Å². The first-order valence-electron chi connectivity index (χ1n) is 8.96. The zero-order valence-corrected chi connectivity index (χ0v) is 16.2. The predicted octanol–water partition coefficient (Wildman–Crippen LogP) is 7.40. The Morgan fingerprint density at radius 3 is 1.61 bits per heavy atom. The summed E-state index contributed by atoms with van der Waals surface area (Å²) in [6.45, 7) is 7.18. The highest BCUT2D eigenvalue weighted by atomic mass is 19.3. The zero-order valence-electron chi connectivity index (χ0n) is 16.2. The van der Waals surface area contributed by atoms with Crippen LogP contribution in [-0.2, 0) is 6.11 Å². The Kier molecular flexibility index (Phi) is 6.84. The average Bonchev–Trinajstić information content (AvgIpc) is 2.68. The molecule has 0 bridgehead atoms. The molecule has 0 spiro atoms. The molecule has 5 heteroatoms. The molecule has 0 aliphatic carbocycles. The van der Waals surface area contributed by atoms with Crippen LogP contribution in [0.15, 0.2) is 60.7 Å². The Morgan fingerprint density at radius 2 is 1.14 bits per heavy atom. The van der Waals surface area contributed by atoms with Gasteiger partial charge in [-0.2, -0.15) is 8.78 Å². The third-order valence-corrected chi connectivity index (χ3v) is 4.11. The summed E-state index contributed by atoms with van der Waals surface area (Å²) < 4.78 is 60.2. The molecule has 1 nitrogen and oxygen atoms in total. The fourth-order valence-corrected chi connectivity index (χ4v) is 2.49. The lowest BCUT2D eigenvalue weighted by Gasteiger charge is -2.19. The van der Waals surface area contributed by atoms with Crippen LogP contribution in [0.5, 0.6) is 5.75 Å². The molecule has 28 heavy (non-hydrogen) atoms. The second-order valence-electron chi connectivity index (χ2n) is 6.07. The van der Waals surface area contributed by atoms with Crippen molar-refractivity contribution in [3.8, 4) is 16.9 Å². The van der Waals surface area contributed by atoms with Gasteiger partial charge in [0.15, 0.2) is 0 Å². The number of halogens is 4. The maximum absolute atomic E-state index is 14.3. The van der Waals surface area contributed by atoms with E-state index in [1.165, 1.54) is 19.1 Å². The Morgan fingerprint density at radius 1 is 0.714 bits per heavy atom. The summed E-state index contributed by atoms with van der Waals surface area (Å²) >= 11 is 0. The average molecular weight is 390 g/mol. The van der Waals surface area contributed by atoms with Crippen LogP contribution in [0, 0.1) is 25.5 Å². The molecule has 3 aromatic rings. The van der Waals surface area contributed by atoms with Gasteiger partial charge in [0.1, 0.15) is 17.4 Å². The lowest BCUT2D eigenvalue weighted by Crippen LogP contribution is -2.22. The van der Waals surface area contributed by atoms with E-state index < -0.39 is 29.1 Å². The SMILES string of the molecule is CC.Cc1ccc(-c2ccc(C(F)(F)Oc3cc(F)c(C)c(F)c3)cc2)cc1. The van der Waals surface area contributed by atoms with Gasteiger partial charge in [-0.25, -0.2) is 8.78 Å². The first kappa shape index (κ1) is 21.5. The van der Waals surface area contributed by atoms with Crippen LogP contribution in [0.1, 0.15) is 30.5 Å². The molecule has 0 fully saturated rings. The van der Waals surface area contributed by atoms with Crippen molar-refractivity contribution < 1.29 is 22.3 Å². The van der Waals surface area contributed by atoms with E-state index in [4.69, 9.17) is 0 Å². The van der Waals surface area contributed by atoms with Crippen molar-refractivity contribution in [1.82, 2.24) is 0 Å². The number of aryl methyl sites for hydroxylation is 1. The van der Waals surface area contributed by atoms with Gasteiger partial charge in [-0.3, -0.25) is 0 Å². The summed E-state index contributed by atoms with van der Waals surface area (Å²) in [4.78, 5) is 0. The molecule has 0 saturated heterocycles. The monoisotopic (exact) mass is 390 g/mol. The van der Waals surface area contributed by atoms with Crippen LogP contribution in [0.2, 0.25) is 0 Å². The molecule has 0 aliphatic heterocycles. The molecule has 0 atom stereocenters. The van der Waals surface area contributed by atoms with Crippen molar-refractivity contribution in [2.45, 2.75) is 33.8 Å². The van der Waals surface area contributed by atoms with Crippen LogP contribution in [0.3, 0.4) is 0 Å². The largest absolute Gasteiger partial charge is 0.429 e. The fraction of sp³-hybridized carbons (Fsp3) is 0.217. The number of benzene rings is 3. The summed E-state index contributed by atoms with van der Waals surface area (Å²) in [5, 5.41) is 0. The fourth-order valence-electron chi connectivity index (χ4n) is 2.49. The maximum Gasteiger partial charge on any atom is 0.426 e. The standard InChI is InChI=1S/C21H16F4O.C2H6/c1-13-3-5-15(6-4-13)16-7-9-17(10-8-16)21(24,25)26-18-11-19(22)14(2)20(23)12-18;1-2/h3-12H,1-2H3;1-2H3. The molecule has 0 aromatic heterocycles. The van der Waals surface area contributed by atoms with Gasteiger partial charge in [-0.15, -0.1) is 0 Å². The molecular formula is C23H22F4O. The third-order valence-electron chi connectivity index (χ3n) is 4.11. The molecule has 0 amide bonds. The molecular weight excluding hydrogens is 368 g/mol. The van der Waals surface area contributed by atoms with Gasteiger partial charge in [0.25, 0.3) is 0 Å². The van der Waals surface area contributed by atoms with Crippen LogP contribution in [0.25, 0.3) is 11.1 Å². The second kappa shape index (κ2) is 8.91. The van der Waals surface area contributed by atoms with Gasteiger partial charge in [0, 0.05) is 17.7 Å². The van der Waals surface area contributed by atoms with Crippen molar-refractivity contribution in [3.05, 3.63) is 89.0 Å². The van der Waals surface area contributed by atoms with Crippen molar-refractivity contribution in [1.29, 1.82) is 0 Å². The maximum atomic E-state index is 14.3. The lowest BCUT2D eigenvalue weighted by molar-refractivity contribution is -0.185. The van der Waals surface area contributed by atoms with E-state index in [0.29, 0.717) is 0 Å². The minimum Gasteiger partial charge on any atom is -0.429 e. The molecule has 0 aliphatic rings. The van der Waals surface area contributed by atoms with Gasteiger partial charge in [0.05, 0.1) is 5.56 Å². The molecule has 148 valence electrons. The minimum atomic E-state index is -3.72. The number of ether oxygens (including phenoxy) is 1. The molecule has 0 heterocycles. The quantitative estimate of drug-likeness (QED) is 0.422. The van der Waals surface area contributed by atoms with Crippen molar-refractivity contribution >= 4 is 0 Å². The van der Waals surface area contributed by atoms with E-state index in [1.54, 1.807) is 12.1 Å². The summed E-state index contributed by atoms with van der Waals surface area (Å²) in [5.41, 5.74) is 2.12. The predicted molar refractivity (Wildman–Crippen MR) is 104 cm³/mol. The van der Waals surface area contributed by atoms with Gasteiger partial charge < -0.3 is 4.74 Å². The molecule has 0 saturated carbocycles. The van der Waals surface area contributed by atoms with Crippen LogP contribution < -0.4 is 4.74 Å². The number of hydrogen-bond donors (Lipinski definition) is 0. The van der Waals surface area contributed by atoms with E-state index >= 15 is 0 Å². The molecule has 0 radical (unpaired) electrons. The third kappa shape index (κ3) is 4.91. The number of rotatable bonds is 4. The van der Waals surface area contributed by atoms with E-state index in [0.717, 1.165) is 28.8 Å². The molecule has 3 rings (SSSR count). The van der Waals surface area contributed by atoms with Gasteiger partial charge in [0.2, 0.25) is 0 Å². The Labute approximate surface area is 162 Å². The smallest absolute Gasteiger partial charge is 0.426 e. The van der Waals surface area contributed by atoms with E-state index in [-0.39, 0.29) is 5.56 Å². The minimum absolute atomic E-state index is 0.247. The lowest BCUT2D eigenvalue weighted by atomic mass is 10.0. The Hall–Kier alpha value is -2.82. The molecule has 3 aromatic carbocycles. The normalized spacial score (nSPS) is 10.9. The van der Waals surface area contributed by atoms with Gasteiger partial charge in [-0.1, -0.05) is 55.8 Å². The first-order chi connectivity index (χ1) is 13.3. The van der Waals surface area contributed by atoms with Gasteiger partial charge in [-0.05, 0) is 37.1 Å². The van der Waals surface area contributed by atoms with E-state index in [1.807, 2.05) is 45.0 Å². The van der Waals surface area contributed by atoms with E-state index in [9.17, 15) is 17.6 Å². The highest BCUT2D eigenvalue weighted by Crippen LogP contribution is 2.34. The molecule has 0 unspecified atom stereocenters. The highest BCUT2D eigenvalue weighted by Gasteiger charge is 2.35. The summed E-state index contributed by atoms with van der Waals surface area (Å²) in [7, 11) is 0. The zero-order chi connectivity index (χ0) is 20.9. The van der Waals surface area contributed by atoms with Crippen LogP contribution in [-0.4, -0.2) is 0 Å². The summed E-state index contributed by atoms with van der Waals surface area (Å²) in [6, 6.07) is 14.7.